The Balaban J connectivity index is 1.10. The van der Waals surface area contributed by atoms with Gasteiger partial charge in [-0.3, -0.25) is 14.4 Å². The number of benzene rings is 3. The third-order valence-corrected chi connectivity index (χ3v) is 6.26. The molecule has 190 valence electrons. The van der Waals surface area contributed by atoms with Crippen molar-refractivity contribution in [2.45, 2.75) is 13.0 Å². The number of amides is 3. The number of fused-ring (bicyclic) bond motifs is 1. The minimum atomic E-state index is -0.451. The molecule has 3 aromatic carbocycles. The van der Waals surface area contributed by atoms with Crippen LogP contribution in [0.25, 0.3) is 0 Å². The summed E-state index contributed by atoms with van der Waals surface area (Å²) in [6.45, 7) is 0.628. The number of carbonyl (C=O) groups excluding carboxylic acids is 3. The van der Waals surface area contributed by atoms with Gasteiger partial charge in [-0.05, 0) is 60.2 Å². The van der Waals surface area contributed by atoms with Crippen molar-refractivity contribution >= 4 is 40.7 Å². The maximum Gasteiger partial charge on any atom is 0.262 e. The summed E-state index contributed by atoms with van der Waals surface area (Å²) < 4.78 is 16.2. The van der Waals surface area contributed by atoms with Gasteiger partial charge >= 0.3 is 0 Å². The first-order valence-electron chi connectivity index (χ1n) is 11.7. The fraction of sp³-hybridized carbons (Fsp3) is 0.222. The molecule has 3 amide bonds. The first-order chi connectivity index (χ1) is 17.9. The van der Waals surface area contributed by atoms with Crippen LogP contribution in [-0.4, -0.2) is 37.7 Å². The Hall–Kier alpha value is -4.24. The average Bonchev–Trinajstić information content (AvgIpc) is 3.52. The summed E-state index contributed by atoms with van der Waals surface area (Å²) in [6.07, 6.45) is 0.134. The van der Waals surface area contributed by atoms with E-state index in [9.17, 15) is 14.4 Å². The van der Waals surface area contributed by atoms with Crippen LogP contribution in [0.4, 0.5) is 11.4 Å². The lowest BCUT2D eigenvalue weighted by Gasteiger charge is -2.17. The van der Waals surface area contributed by atoms with Crippen molar-refractivity contribution in [2.75, 3.05) is 30.2 Å². The van der Waals surface area contributed by atoms with Crippen LogP contribution < -0.4 is 29.7 Å². The normalized spacial score (nSPS) is 16.0. The van der Waals surface area contributed by atoms with E-state index >= 15 is 0 Å². The molecular weight excluding hydrogens is 498 g/mol. The largest absolute Gasteiger partial charge is 0.484 e. The predicted octanol–water partition coefficient (Wildman–Crippen LogP) is 3.76. The highest BCUT2D eigenvalue weighted by Crippen LogP contribution is 2.32. The third kappa shape index (κ3) is 5.95. The molecule has 1 saturated heterocycles. The molecule has 0 bridgehead atoms. The second-order valence-corrected chi connectivity index (χ2v) is 9.09. The van der Waals surface area contributed by atoms with Gasteiger partial charge in [-0.2, -0.15) is 0 Å². The van der Waals surface area contributed by atoms with E-state index in [1.165, 1.54) is 0 Å². The standard InChI is InChI=1S/C27H24ClN3O6/c28-19-2-1-3-20(12-19)30-25(32)15-35-22-7-5-21(6-8-22)31-14-18(11-26(31)33)27(34)29-13-17-4-9-23-24(10-17)37-16-36-23/h1-10,12,18H,11,13-16H2,(H,29,34)(H,30,32)/t18-/m1/s1. The molecule has 10 heteroatoms. The fourth-order valence-corrected chi connectivity index (χ4v) is 4.34. The Morgan fingerprint density at radius 3 is 2.65 bits per heavy atom. The van der Waals surface area contributed by atoms with Gasteiger partial charge in [0.25, 0.3) is 5.91 Å². The molecule has 0 aromatic heterocycles. The van der Waals surface area contributed by atoms with E-state index in [1.807, 2.05) is 18.2 Å². The summed E-state index contributed by atoms with van der Waals surface area (Å²) in [5, 5.41) is 6.14. The molecule has 1 atom stereocenters. The SMILES string of the molecule is O=C(COc1ccc(N2C[C@H](C(=O)NCc3ccc4c(c3)OCO4)CC2=O)cc1)Nc1cccc(Cl)c1. The minimum Gasteiger partial charge on any atom is -0.484 e. The highest BCUT2D eigenvalue weighted by Gasteiger charge is 2.35. The summed E-state index contributed by atoms with van der Waals surface area (Å²) in [6, 6.07) is 19.2. The van der Waals surface area contributed by atoms with Crippen molar-refractivity contribution in [3.8, 4) is 17.2 Å². The lowest BCUT2D eigenvalue weighted by molar-refractivity contribution is -0.126. The highest BCUT2D eigenvalue weighted by atomic mass is 35.5. The maximum atomic E-state index is 12.7. The number of hydrogen-bond donors (Lipinski definition) is 2. The van der Waals surface area contributed by atoms with E-state index < -0.39 is 5.92 Å². The molecule has 0 aliphatic carbocycles. The van der Waals surface area contributed by atoms with E-state index in [1.54, 1.807) is 53.4 Å². The van der Waals surface area contributed by atoms with Crippen LogP contribution in [0, 0.1) is 5.92 Å². The molecular formula is C27H24ClN3O6. The van der Waals surface area contributed by atoms with Gasteiger partial charge in [0.1, 0.15) is 5.75 Å². The molecule has 0 saturated carbocycles. The Kier molecular flexibility index (Phi) is 7.14. The number of anilines is 2. The summed E-state index contributed by atoms with van der Waals surface area (Å²) in [4.78, 5) is 39.0. The topological polar surface area (TPSA) is 106 Å². The zero-order valence-electron chi connectivity index (χ0n) is 19.7. The molecule has 37 heavy (non-hydrogen) atoms. The molecule has 2 aliphatic rings. The van der Waals surface area contributed by atoms with Gasteiger partial charge in [-0.1, -0.05) is 23.7 Å². The summed E-state index contributed by atoms with van der Waals surface area (Å²) >= 11 is 5.92. The van der Waals surface area contributed by atoms with E-state index in [0.717, 1.165) is 5.56 Å². The molecule has 5 rings (SSSR count). The molecule has 0 radical (unpaired) electrons. The summed E-state index contributed by atoms with van der Waals surface area (Å²) in [7, 11) is 0. The molecule has 0 unspecified atom stereocenters. The van der Waals surface area contributed by atoms with Gasteiger partial charge in [0, 0.05) is 35.9 Å². The Morgan fingerprint density at radius 1 is 1.03 bits per heavy atom. The second-order valence-electron chi connectivity index (χ2n) is 8.65. The molecule has 2 heterocycles. The van der Waals surface area contributed by atoms with Gasteiger partial charge in [0.05, 0.1) is 5.92 Å². The summed E-state index contributed by atoms with van der Waals surface area (Å²) in [5.41, 5.74) is 2.13. The first-order valence-corrected chi connectivity index (χ1v) is 12.1. The van der Waals surface area contributed by atoms with Gasteiger partial charge in [-0.25, -0.2) is 0 Å². The lowest BCUT2D eigenvalue weighted by Crippen LogP contribution is -2.32. The van der Waals surface area contributed by atoms with Crippen molar-refractivity contribution in [3.05, 3.63) is 77.3 Å². The number of rotatable bonds is 8. The van der Waals surface area contributed by atoms with E-state index in [4.69, 9.17) is 25.8 Å². The fourth-order valence-electron chi connectivity index (χ4n) is 4.15. The van der Waals surface area contributed by atoms with Crippen LogP contribution in [-0.2, 0) is 20.9 Å². The zero-order valence-corrected chi connectivity index (χ0v) is 20.5. The van der Waals surface area contributed by atoms with Crippen LogP contribution in [0.2, 0.25) is 5.02 Å². The molecule has 0 spiro atoms. The smallest absolute Gasteiger partial charge is 0.262 e. The number of nitrogens with zero attached hydrogens (tertiary/aromatic N) is 1. The zero-order chi connectivity index (χ0) is 25.8. The van der Waals surface area contributed by atoms with Gasteiger partial charge in [0.15, 0.2) is 18.1 Å². The van der Waals surface area contributed by atoms with Crippen molar-refractivity contribution in [2.24, 2.45) is 5.92 Å². The van der Waals surface area contributed by atoms with E-state index in [-0.39, 0.29) is 44.1 Å². The third-order valence-electron chi connectivity index (χ3n) is 6.03. The van der Waals surface area contributed by atoms with Gasteiger partial charge in [-0.15, -0.1) is 0 Å². The van der Waals surface area contributed by atoms with Crippen molar-refractivity contribution < 1.29 is 28.6 Å². The van der Waals surface area contributed by atoms with Gasteiger partial charge in [0.2, 0.25) is 18.6 Å². The number of hydrogen-bond acceptors (Lipinski definition) is 6. The average molecular weight is 522 g/mol. The van der Waals surface area contributed by atoms with E-state index in [0.29, 0.717) is 40.2 Å². The molecule has 2 N–H and O–H groups in total. The van der Waals surface area contributed by atoms with Crippen LogP contribution >= 0.6 is 11.6 Å². The van der Waals surface area contributed by atoms with Crippen molar-refractivity contribution in [1.29, 1.82) is 0 Å². The van der Waals surface area contributed by atoms with Crippen LogP contribution in [0.1, 0.15) is 12.0 Å². The van der Waals surface area contributed by atoms with Crippen LogP contribution in [0.15, 0.2) is 66.7 Å². The van der Waals surface area contributed by atoms with Crippen molar-refractivity contribution in [1.82, 2.24) is 5.32 Å². The maximum absolute atomic E-state index is 12.7. The number of nitrogens with one attached hydrogen (secondary N) is 2. The Bertz CT molecular complexity index is 1330. The molecule has 9 nitrogen and oxygen atoms in total. The predicted molar refractivity (Wildman–Crippen MR) is 137 cm³/mol. The van der Waals surface area contributed by atoms with E-state index in [2.05, 4.69) is 10.6 Å². The quantitative estimate of drug-likeness (QED) is 0.467. The molecule has 3 aromatic rings. The second kappa shape index (κ2) is 10.8. The number of ether oxygens (including phenoxy) is 3. The van der Waals surface area contributed by atoms with Crippen molar-refractivity contribution in [3.63, 3.8) is 0 Å². The molecule has 1 fully saturated rings. The lowest BCUT2D eigenvalue weighted by atomic mass is 10.1. The molecule has 2 aliphatic heterocycles. The Morgan fingerprint density at radius 2 is 1.84 bits per heavy atom. The first kappa shape index (κ1) is 24.5. The van der Waals surface area contributed by atoms with Gasteiger partial charge < -0.3 is 29.7 Å². The number of carbonyl (C=O) groups is 3. The summed E-state index contributed by atoms with van der Waals surface area (Å²) in [5.74, 6) is 0.738. The Labute approximate surface area is 218 Å². The number of halogens is 1. The van der Waals surface area contributed by atoms with Crippen LogP contribution in [0.5, 0.6) is 17.2 Å². The highest BCUT2D eigenvalue weighted by molar-refractivity contribution is 6.30. The minimum absolute atomic E-state index is 0.127. The monoisotopic (exact) mass is 521 g/mol. The van der Waals surface area contributed by atoms with Crippen LogP contribution in [0.3, 0.4) is 0 Å².